The summed E-state index contributed by atoms with van der Waals surface area (Å²) in [5.41, 5.74) is 0.694. The van der Waals surface area contributed by atoms with Gasteiger partial charge < -0.3 is 0 Å². The molecule has 1 aromatic rings. The molecule has 0 aromatic heterocycles. The Hall–Kier alpha value is 0.430. The molecule has 0 aliphatic rings. The van der Waals surface area contributed by atoms with Gasteiger partial charge >= 0.3 is 0 Å². The number of benzene rings is 1. The summed E-state index contributed by atoms with van der Waals surface area (Å²) >= 11 is 33.2. The quantitative estimate of drug-likeness (QED) is 0.308. The average molecular weight is 350 g/mol. The van der Waals surface area contributed by atoms with Crippen molar-refractivity contribution < 1.29 is 4.79 Å². The van der Waals surface area contributed by atoms with E-state index in [1.807, 2.05) is 0 Å². The van der Waals surface area contributed by atoms with Crippen molar-refractivity contribution in [2.24, 2.45) is 0 Å². The maximum absolute atomic E-state index is 11.0. The van der Waals surface area contributed by atoms with Crippen LogP contribution in [0.4, 0.5) is 0 Å². The molecule has 0 radical (unpaired) electrons. The highest BCUT2D eigenvalue weighted by Gasteiger charge is 2.18. The smallest absolute Gasteiger partial charge is 0.212 e. The van der Waals surface area contributed by atoms with Crippen molar-refractivity contribution in [3.05, 3.63) is 36.2 Å². The fourth-order valence-corrected chi connectivity index (χ4v) is 2.35. The normalized spacial score (nSPS) is 11.8. The summed E-state index contributed by atoms with van der Waals surface area (Å²) in [7, 11) is 0. The third kappa shape index (κ3) is 3.25. The van der Waals surface area contributed by atoms with Crippen LogP contribution in [0.3, 0.4) is 0 Å². The Bertz CT molecular complexity index is 495. The molecule has 0 amide bonds. The lowest BCUT2D eigenvalue weighted by molar-refractivity contribution is -0.107. The molecule has 0 heterocycles. The largest absolute Gasteiger partial charge is 0.282 e. The van der Waals surface area contributed by atoms with Gasteiger partial charge in [-0.05, 0) is 13.0 Å². The standard InChI is InChI=1S/C10H5Cl5OS/c1-3(10(16)17)2-4-5(11)7(13)9(15)8(14)6(4)12/h2H,1H3,(H,16,17). The zero-order valence-electron chi connectivity index (χ0n) is 8.32. The summed E-state index contributed by atoms with van der Waals surface area (Å²) in [6.07, 6.45) is 1.45. The van der Waals surface area contributed by atoms with Gasteiger partial charge in [0.25, 0.3) is 0 Å². The number of rotatable bonds is 2. The third-order valence-corrected chi connectivity index (χ3v) is 4.60. The van der Waals surface area contributed by atoms with Crippen LogP contribution >= 0.6 is 70.6 Å². The van der Waals surface area contributed by atoms with Crippen LogP contribution in [0.5, 0.6) is 0 Å². The zero-order valence-corrected chi connectivity index (χ0v) is 13.0. The summed E-state index contributed by atoms with van der Waals surface area (Å²) in [6.45, 7) is 1.57. The molecule has 1 aromatic carbocycles. The Morgan fingerprint density at radius 3 is 1.65 bits per heavy atom. The number of hydrogen-bond donors (Lipinski definition) is 1. The zero-order chi connectivity index (χ0) is 13.3. The predicted octanol–water partition coefficient (Wildman–Crippen LogP) is 5.81. The van der Waals surface area contributed by atoms with Crippen LogP contribution in [0.25, 0.3) is 6.08 Å². The maximum Gasteiger partial charge on any atom is 0.212 e. The first kappa shape index (κ1) is 15.5. The van der Waals surface area contributed by atoms with Gasteiger partial charge in [0, 0.05) is 11.1 Å². The van der Waals surface area contributed by atoms with Crippen molar-refractivity contribution in [2.45, 2.75) is 6.92 Å². The molecule has 0 atom stereocenters. The molecular formula is C10H5Cl5OS. The van der Waals surface area contributed by atoms with Crippen LogP contribution in [0, 0.1) is 0 Å². The van der Waals surface area contributed by atoms with E-state index in [0.29, 0.717) is 11.1 Å². The lowest BCUT2D eigenvalue weighted by Gasteiger charge is -2.09. The highest BCUT2D eigenvalue weighted by Crippen LogP contribution is 2.44. The van der Waals surface area contributed by atoms with E-state index in [1.165, 1.54) is 6.08 Å². The minimum absolute atomic E-state index is 0.0790. The summed E-state index contributed by atoms with van der Waals surface area (Å²) in [5.74, 6) is 0. The third-order valence-electron chi connectivity index (χ3n) is 1.94. The molecule has 0 aliphatic heterocycles. The molecule has 0 saturated heterocycles. The molecule has 1 rings (SSSR count). The van der Waals surface area contributed by atoms with E-state index in [4.69, 9.17) is 58.0 Å². The van der Waals surface area contributed by atoms with Gasteiger partial charge in [0.1, 0.15) is 0 Å². The van der Waals surface area contributed by atoms with Gasteiger partial charge in [-0.3, -0.25) is 4.79 Å². The van der Waals surface area contributed by atoms with Gasteiger partial charge in [-0.2, -0.15) is 0 Å². The summed E-state index contributed by atoms with van der Waals surface area (Å²) in [4.78, 5) is 11.0. The van der Waals surface area contributed by atoms with Gasteiger partial charge in [-0.15, -0.1) is 12.6 Å². The lowest BCUT2D eigenvalue weighted by Crippen LogP contribution is -1.90. The second kappa shape index (κ2) is 6.05. The first-order valence-electron chi connectivity index (χ1n) is 4.20. The lowest BCUT2D eigenvalue weighted by atomic mass is 10.1. The van der Waals surface area contributed by atoms with Crippen LogP contribution < -0.4 is 0 Å². The van der Waals surface area contributed by atoms with E-state index in [-0.39, 0.29) is 25.1 Å². The molecule has 1 nitrogen and oxygen atoms in total. The molecule has 17 heavy (non-hydrogen) atoms. The Morgan fingerprint density at radius 2 is 1.29 bits per heavy atom. The molecule has 0 saturated carbocycles. The van der Waals surface area contributed by atoms with Gasteiger partial charge in [0.15, 0.2) is 0 Å². The Kier molecular flexibility index (Phi) is 5.51. The van der Waals surface area contributed by atoms with Crippen LogP contribution in [0.2, 0.25) is 25.1 Å². The predicted molar refractivity (Wildman–Crippen MR) is 79.1 cm³/mol. The number of carbonyl (C=O) groups is 1. The number of halogens is 5. The van der Waals surface area contributed by atoms with E-state index in [1.54, 1.807) is 6.92 Å². The second-order valence-electron chi connectivity index (χ2n) is 3.12. The minimum atomic E-state index is -0.403. The van der Waals surface area contributed by atoms with Crippen LogP contribution in [-0.4, -0.2) is 5.12 Å². The molecule has 0 aliphatic carbocycles. The van der Waals surface area contributed by atoms with E-state index < -0.39 is 5.12 Å². The van der Waals surface area contributed by atoms with E-state index in [2.05, 4.69) is 12.6 Å². The Balaban J connectivity index is 3.56. The van der Waals surface area contributed by atoms with Crippen molar-refractivity contribution in [3.8, 4) is 0 Å². The van der Waals surface area contributed by atoms with E-state index >= 15 is 0 Å². The fraction of sp³-hybridized carbons (Fsp3) is 0.100. The molecule has 0 bridgehead atoms. The first-order valence-corrected chi connectivity index (χ1v) is 6.54. The fourth-order valence-electron chi connectivity index (χ4n) is 1.03. The molecule has 0 spiro atoms. The van der Waals surface area contributed by atoms with Crippen LogP contribution in [0.1, 0.15) is 12.5 Å². The van der Waals surface area contributed by atoms with Gasteiger partial charge in [-0.25, -0.2) is 0 Å². The van der Waals surface area contributed by atoms with E-state index in [0.717, 1.165) is 0 Å². The van der Waals surface area contributed by atoms with Crippen LogP contribution in [0.15, 0.2) is 5.57 Å². The molecule has 7 heteroatoms. The van der Waals surface area contributed by atoms with Crippen molar-refractivity contribution in [1.29, 1.82) is 0 Å². The first-order chi connectivity index (χ1) is 7.77. The Labute approximate surface area is 129 Å². The molecule has 92 valence electrons. The van der Waals surface area contributed by atoms with Crippen LogP contribution in [-0.2, 0) is 4.79 Å². The topological polar surface area (TPSA) is 17.1 Å². The van der Waals surface area contributed by atoms with Crippen molar-refractivity contribution in [1.82, 2.24) is 0 Å². The van der Waals surface area contributed by atoms with Gasteiger partial charge in [0.2, 0.25) is 5.12 Å². The van der Waals surface area contributed by atoms with Crippen molar-refractivity contribution in [2.75, 3.05) is 0 Å². The highest BCUT2D eigenvalue weighted by atomic mass is 35.5. The SMILES string of the molecule is CC(=Cc1c(Cl)c(Cl)c(Cl)c(Cl)c1Cl)C(=O)S. The average Bonchev–Trinajstić information content (AvgIpc) is 2.29. The maximum atomic E-state index is 11.0. The van der Waals surface area contributed by atoms with Crippen molar-refractivity contribution in [3.63, 3.8) is 0 Å². The number of thiol groups is 1. The molecular weight excluding hydrogens is 345 g/mol. The Morgan fingerprint density at radius 1 is 0.941 bits per heavy atom. The monoisotopic (exact) mass is 348 g/mol. The van der Waals surface area contributed by atoms with E-state index in [9.17, 15) is 4.79 Å². The molecule has 0 fully saturated rings. The summed E-state index contributed by atoms with van der Waals surface area (Å²) in [5, 5.41) is 0.136. The van der Waals surface area contributed by atoms with Gasteiger partial charge in [-0.1, -0.05) is 58.0 Å². The number of carbonyl (C=O) groups excluding carboxylic acids is 1. The summed E-state index contributed by atoms with van der Waals surface area (Å²) < 4.78 is 0. The highest BCUT2D eigenvalue weighted by molar-refractivity contribution is 7.97. The minimum Gasteiger partial charge on any atom is -0.282 e. The second-order valence-corrected chi connectivity index (χ2v) is 5.41. The summed E-state index contributed by atoms with van der Waals surface area (Å²) in [6, 6.07) is 0. The molecule has 0 N–H and O–H groups in total. The number of hydrogen-bond acceptors (Lipinski definition) is 1. The molecule has 0 unspecified atom stereocenters. The van der Waals surface area contributed by atoms with Crippen molar-refractivity contribution >= 4 is 81.8 Å². The van der Waals surface area contributed by atoms with Gasteiger partial charge in [0.05, 0.1) is 25.1 Å².